The van der Waals surface area contributed by atoms with Crippen LogP contribution < -0.4 is 20.4 Å². The summed E-state index contributed by atoms with van der Waals surface area (Å²) in [5.74, 6) is -0.00618. The number of anilines is 4. The Bertz CT molecular complexity index is 1410. The van der Waals surface area contributed by atoms with Crippen molar-refractivity contribution in [1.29, 1.82) is 0 Å². The first-order valence-electron chi connectivity index (χ1n) is 15.5. The Hall–Kier alpha value is -4.12. The number of pyridine rings is 1. The molecule has 11 heteroatoms. The zero-order valence-electron chi connectivity index (χ0n) is 27.7. The first kappa shape index (κ1) is 37.1. The van der Waals surface area contributed by atoms with Crippen molar-refractivity contribution < 1.29 is 22.8 Å². The molecule has 0 atom stereocenters. The van der Waals surface area contributed by atoms with Crippen LogP contribution in [0.2, 0.25) is 0 Å². The van der Waals surface area contributed by atoms with E-state index in [1.54, 1.807) is 36.3 Å². The molecule has 0 spiro atoms. The second kappa shape index (κ2) is 17.4. The average Bonchev–Trinajstić information content (AvgIpc) is 3.04. The lowest BCUT2D eigenvalue weighted by Crippen LogP contribution is -2.45. The highest BCUT2D eigenvalue weighted by Gasteiger charge is 2.32. The summed E-state index contributed by atoms with van der Waals surface area (Å²) in [6, 6.07) is 10.8. The van der Waals surface area contributed by atoms with Crippen LogP contribution in [-0.4, -0.2) is 55.0 Å². The molecule has 2 heterocycles. The molecule has 2 N–H and O–H groups in total. The molecule has 1 aliphatic rings. The van der Waals surface area contributed by atoms with Crippen molar-refractivity contribution in [1.82, 2.24) is 9.88 Å². The SMILES string of the molecule is CC.CCCN(CC)CC.CCNc1cc2c(cn1)CN(c1cc(NC(=O)c3cccc(C(F)(F)F)c3)ccc1C)C(=O)N2C. The Balaban J connectivity index is 0.000000615. The number of halogens is 3. The minimum Gasteiger partial charge on any atom is -0.370 e. The van der Waals surface area contributed by atoms with E-state index in [9.17, 15) is 22.8 Å². The quantitative estimate of drug-likeness (QED) is 0.249. The first-order valence-corrected chi connectivity index (χ1v) is 15.5. The molecule has 1 aliphatic heterocycles. The fraction of sp³-hybridized carbons (Fsp3) is 0.441. The van der Waals surface area contributed by atoms with Gasteiger partial charge >= 0.3 is 12.2 Å². The number of alkyl halides is 3. The Labute approximate surface area is 265 Å². The van der Waals surface area contributed by atoms with Crippen LogP contribution in [0.15, 0.2) is 54.7 Å². The van der Waals surface area contributed by atoms with Gasteiger partial charge in [-0.2, -0.15) is 13.2 Å². The van der Waals surface area contributed by atoms with Gasteiger partial charge < -0.3 is 15.5 Å². The Morgan fingerprint density at radius 3 is 2.27 bits per heavy atom. The third-order valence-corrected chi connectivity index (χ3v) is 7.17. The lowest BCUT2D eigenvalue weighted by molar-refractivity contribution is -0.137. The van der Waals surface area contributed by atoms with Crippen LogP contribution in [0.5, 0.6) is 0 Å². The maximum absolute atomic E-state index is 13.2. The minimum absolute atomic E-state index is 0.118. The molecule has 0 saturated carbocycles. The van der Waals surface area contributed by atoms with Crippen LogP contribution in [0.3, 0.4) is 0 Å². The van der Waals surface area contributed by atoms with Crippen LogP contribution in [0.4, 0.5) is 40.8 Å². The monoisotopic (exact) mass is 628 g/mol. The summed E-state index contributed by atoms with van der Waals surface area (Å²) in [4.78, 5) is 35.8. The molecule has 8 nitrogen and oxygen atoms in total. The van der Waals surface area contributed by atoms with Crippen molar-refractivity contribution in [2.45, 2.75) is 67.6 Å². The molecule has 0 fully saturated rings. The van der Waals surface area contributed by atoms with E-state index in [1.807, 2.05) is 33.8 Å². The van der Waals surface area contributed by atoms with Gasteiger partial charge in [0.1, 0.15) is 5.82 Å². The Morgan fingerprint density at radius 2 is 1.69 bits per heavy atom. The van der Waals surface area contributed by atoms with E-state index in [2.05, 4.69) is 41.3 Å². The summed E-state index contributed by atoms with van der Waals surface area (Å²) in [7, 11) is 1.68. The number of hydrogen-bond acceptors (Lipinski definition) is 5. The highest BCUT2D eigenvalue weighted by molar-refractivity contribution is 6.08. The molecule has 0 radical (unpaired) electrons. The third kappa shape index (κ3) is 9.94. The highest BCUT2D eigenvalue weighted by atomic mass is 19.4. The molecule has 0 unspecified atom stereocenters. The van der Waals surface area contributed by atoms with Gasteiger partial charge in [0.25, 0.3) is 5.91 Å². The van der Waals surface area contributed by atoms with Crippen molar-refractivity contribution >= 4 is 34.8 Å². The normalized spacial score (nSPS) is 12.5. The van der Waals surface area contributed by atoms with Gasteiger partial charge in [0.05, 0.1) is 23.5 Å². The number of fused-ring (bicyclic) bond motifs is 1. The second-order valence-electron chi connectivity index (χ2n) is 10.2. The highest BCUT2D eigenvalue weighted by Crippen LogP contribution is 2.35. The Kier molecular flexibility index (Phi) is 14.3. The van der Waals surface area contributed by atoms with Gasteiger partial charge in [-0.05, 0) is 75.8 Å². The van der Waals surface area contributed by atoms with Crippen LogP contribution in [0.1, 0.15) is 75.0 Å². The van der Waals surface area contributed by atoms with Gasteiger partial charge in [-0.1, -0.05) is 46.8 Å². The molecular formula is C34H47F3N6O2. The maximum Gasteiger partial charge on any atom is 0.416 e. The van der Waals surface area contributed by atoms with Gasteiger partial charge in [-0.15, -0.1) is 0 Å². The average molecular weight is 629 g/mol. The van der Waals surface area contributed by atoms with Crippen LogP contribution in [0.25, 0.3) is 0 Å². The molecule has 0 saturated heterocycles. The topological polar surface area (TPSA) is 80.8 Å². The summed E-state index contributed by atoms with van der Waals surface area (Å²) >= 11 is 0. The van der Waals surface area contributed by atoms with E-state index in [0.717, 1.165) is 28.9 Å². The van der Waals surface area contributed by atoms with Gasteiger partial charge in [0.2, 0.25) is 0 Å². The largest absolute Gasteiger partial charge is 0.416 e. The van der Waals surface area contributed by atoms with E-state index in [0.29, 0.717) is 23.7 Å². The number of aryl methyl sites for hydroxylation is 1. The van der Waals surface area contributed by atoms with Crippen molar-refractivity contribution in [3.05, 3.63) is 77.0 Å². The molecule has 246 valence electrons. The molecule has 45 heavy (non-hydrogen) atoms. The van der Waals surface area contributed by atoms with Crippen LogP contribution in [0, 0.1) is 6.92 Å². The standard InChI is InChI=1S/C25H24F3N5O2.C7H17N.C2H6/c1-4-29-22-12-21-17(13-30-22)14-33(24(35)32(21)3)20-11-19(9-8-15(20)2)31-23(34)16-6-5-7-18(10-16)25(26,27)28;1-4-7-8(5-2)6-3;1-2/h5-13H,4,14H2,1-3H3,(H,29,30)(H,31,34);4-7H2,1-3H3;1-2H3. The number of carbonyl (C=O) groups is 2. The van der Waals surface area contributed by atoms with Crippen LogP contribution in [-0.2, 0) is 12.7 Å². The maximum atomic E-state index is 13.2. The van der Waals surface area contributed by atoms with Crippen molar-refractivity contribution in [2.75, 3.05) is 53.7 Å². The smallest absolute Gasteiger partial charge is 0.370 e. The number of rotatable bonds is 9. The van der Waals surface area contributed by atoms with E-state index < -0.39 is 17.6 Å². The molecule has 4 rings (SSSR count). The predicted molar refractivity (Wildman–Crippen MR) is 178 cm³/mol. The number of aromatic nitrogens is 1. The van der Waals surface area contributed by atoms with Gasteiger partial charge in [0, 0.05) is 42.7 Å². The fourth-order valence-electron chi connectivity index (χ4n) is 4.77. The number of carbonyl (C=O) groups excluding carboxylic acids is 2. The zero-order chi connectivity index (χ0) is 33.7. The number of amides is 3. The lowest BCUT2D eigenvalue weighted by Gasteiger charge is -2.36. The number of hydrogen-bond donors (Lipinski definition) is 2. The fourth-order valence-corrected chi connectivity index (χ4v) is 4.77. The number of urea groups is 1. The minimum atomic E-state index is -4.55. The third-order valence-electron chi connectivity index (χ3n) is 7.17. The van der Waals surface area contributed by atoms with Crippen molar-refractivity contribution in [2.24, 2.45) is 0 Å². The van der Waals surface area contributed by atoms with E-state index in [-0.39, 0.29) is 18.1 Å². The summed E-state index contributed by atoms with van der Waals surface area (Å²) in [6.07, 6.45) is -1.55. The lowest BCUT2D eigenvalue weighted by atomic mass is 10.1. The Morgan fingerprint density at radius 1 is 1.00 bits per heavy atom. The molecule has 2 aromatic carbocycles. The first-order chi connectivity index (χ1) is 21.4. The molecule has 0 bridgehead atoms. The second-order valence-corrected chi connectivity index (χ2v) is 10.2. The van der Waals surface area contributed by atoms with Gasteiger partial charge in [0.15, 0.2) is 0 Å². The summed E-state index contributed by atoms with van der Waals surface area (Å²) < 4.78 is 39.0. The van der Waals surface area contributed by atoms with Gasteiger partial charge in [-0.3, -0.25) is 14.6 Å². The molecular weight excluding hydrogens is 581 g/mol. The molecule has 0 aliphatic carbocycles. The molecule has 3 amide bonds. The summed E-state index contributed by atoms with van der Waals surface area (Å²) in [6.45, 7) is 19.1. The van der Waals surface area contributed by atoms with E-state index in [1.165, 1.54) is 43.1 Å². The molecule has 3 aromatic rings. The number of nitrogens with zero attached hydrogens (tertiary/aromatic N) is 4. The van der Waals surface area contributed by atoms with E-state index in [4.69, 9.17) is 0 Å². The van der Waals surface area contributed by atoms with Crippen LogP contribution >= 0.6 is 0 Å². The number of nitrogens with one attached hydrogen (secondary N) is 2. The van der Waals surface area contributed by atoms with Crippen molar-refractivity contribution in [3.63, 3.8) is 0 Å². The summed E-state index contributed by atoms with van der Waals surface area (Å²) in [5.41, 5.74) is 2.31. The van der Waals surface area contributed by atoms with E-state index >= 15 is 0 Å². The molecule has 1 aromatic heterocycles. The van der Waals surface area contributed by atoms with Gasteiger partial charge in [-0.25, -0.2) is 9.78 Å². The zero-order valence-corrected chi connectivity index (χ0v) is 27.7. The number of benzene rings is 2. The van der Waals surface area contributed by atoms with Crippen molar-refractivity contribution in [3.8, 4) is 0 Å². The summed E-state index contributed by atoms with van der Waals surface area (Å²) in [5, 5.41) is 5.76. The predicted octanol–water partition coefficient (Wildman–Crippen LogP) is 8.43.